The summed E-state index contributed by atoms with van der Waals surface area (Å²) in [5.74, 6) is 0.514. The molecule has 118 valence electrons. The first-order valence-electron chi connectivity index (χ1n) is 7.81. The topological polar surface area (TPSA) is 64.2 Å². The van der Waals surface area contributed by atoms with Crippen LogP contribution in [0.4, 0.5) is 0 Å². The van der Waals surface area contributed by atoms with Crippen LogP contribution < -0.4 is 0 Å². The standard InChI is InChI=1S/C16H22N4O2/c1-11(2)14-7-15(22-18-14)16(21)19-6-4-5-13(10-19)20-9-12(3)8-17-20/h7-9,11,13H,4-6,10H2,1-3H3. The van der Waals surface area contributed by atoms with Crippen LogP contribution in [0.25, 0.3) is 0 Å². The monoisotopic (exact) mass is 302 g/mol. The molecule has 0 spiro atoms. The van der Waals surface area contributed by atoms with E-state index in [9.17, 15) is 4.79 Å². The molecule has 6 heteroatoms. The maximum atomic E-state index is 12.6. The van der Waals surface area contributed by atoms with Gasteiger partial charge in [0.05, 0.1) is 17.9 Å². The molecule has 6 nitrogen and oxygen atoms in total. The van der Waals surface area contributed by atoms with E-state index in [1.54, 1.807) is 6.07 Å². The van der Waals surface area contributed by atoms with Crippen molar-refractivity contribution in [3.8, 4) is 0 Å². The van der Waals surface area contributed by atoms with Gasteiger partial charge in [-0.05, 0) is 31.2 Å². The lowest BCUT2D eigenvalue weighted by Crippen LogP contribution is -2.40. The molecule has 0 saturated carbocycles. The Morgan fingerprint density at radius 1 is 1.45 bits per heavy atom. The number of aryl methyl sites for hydroxylation is 1. The van der Waals surface area contributed by atoms with E-state index in [0.717, 1.165) is 30.6 Å². The lowest BCUT2D eigenvalue weighted by Gasteiger charge is -2.32. The summed E-state index contributed by atoms with van der Waals surface area (Å²) in [5.41, 5.74) is 1.96. The Kier molecular flexibility index (Phi) is 4.00. The number of likely N-dealkylation sites (tertiary alicyclic amines) is 1. The zero-order chi connectivity index (χ0) is 15.7. The molecule has 1 amide bonds. The molecule has 1 unspecified atom stereocenters. The first kappa shape index (κ1) is 14.8. The Bertz CT molecular complexity index is 659. The van der Waals surface area contributed by atoms with Crippen LogP contribution in [0.5, 0.6) is 0 Å². The first-order chi connectivity index (χ1) is 10.5. The van der Waals surface area contributed by atoms with Crippen molar-refractivity contribution in [2.75, 3.05) is 13.1 Å². The number of carbonyl (C=O) groups is 1. The van der Waals surface area contributed by atoms with Crippen LogP contribution in [0.2, 0.25) is 0 Å². The Morgan fingerprint density at radius 3 is 2.91 bits per heavy atom. The van der Waals surface area contributed by atoms with E-state index < -0.39 is 0 Å². The van der Waals surface area contributed by atoms with Crippen molar-refractivity contribution in [3.05, 3.63) is 35.5 Å². The SMILES string of the molecule is Cc1cnn(C2CCCN(C(=O)c3cc(C(C)C)no3)C2)c1. The molecule has 1 aliphatic heterocycles. The molecule has 0 aromatic carbocycles. The summed E-state index contributed by atoms with van der Waals surface area (Å²) in [4.78, 5) is 14.4. The van der Waals surface area contributed by atoms with Crippen LogP contribution >= 0.6 is 0 Å². The Balaban J connectivity index is 1.72. The third kappa shape index (κ3) is 2.91. The molecule has 1 fully saturated rings. The van der Waals surface area contributed by atoms with Crippen LogP contribution in [0, 0.1) is 6.92 Å². The van der Waals surface area contributed by atoms with Crippen molar-refractivity contribution in [2.24, 2.45) is 0 Å². The van der Waals surface area contributed by atoms with E-state index in [1.807, 2.05) is 42.7 Å². The van der Waals surface area contributed by atoms with E-state index in [0.29, 0.717) is 12.3 Å². The Morgan fingerprint density at radius 2 is 2.27 bits per heavy atom. The highest BCUT2D eigenvalue weighted by molar-refractivity contribution is 5.91. The van der Waals surface area contributed by atoms with Crippen LogP contribution in [-0.2, 0) is 0 Å². The van der Waals surface area contributed by atoms with Crippen LogP contribution in [0.3, 0.4) is 0 Å². The number of hydrogen-bond donors (Lipinski definition) is 0. The molecule has 0 N–H and O–H groups in total. The van der Waals surface area contributed by atoms with E-state index in [4.69, 9.17) is 4.52 Å². The van der Waals surface area contributed by atoms with Crippen molar-refractivity contribution in [3.63, 3.8) is 0 Å². The van der Waals surface area contributed by atoms with Gasteiger partial charge in [-0.2, -0.15) is 5.10 Å². The minimum absolute atomic E-state index is 0.0759. The maximum absolute atomic E-state index is 12.6. The van der Waals surface area contributed by atoms with Gasteiger partial charge in [0, 0.05) is 25.4 Å². The normalized spacial score (nSPS) is 18.9. The predicted octanol–water partition coefficient (Wildman–Crippen LogP) is 2.78. The predicted molar refractivity (Wildman–Crippen MR) is 81.7 cm³/mol. The maximum Gasteiger partial charge on any atom is 0.292 e. The van der Waals surface area contributed by atoms with Crippen molar-refractivity contribution < 1.29 is 9.32 Å². The smallest absolute Gasteiger partial charge is 0.292 e. The van der Waals surface area contributed by atoms with Gasteiger partial charge in [0.2, 0.25) is 5.76 Å². The molecule has 0 aliphatic carbocycles. The number of rotatable bonds is 3. The van der Waals surface area contributed by atoms with Crippen LogP contribution in [0.15, 0.2) is 23.0 Å². The quantitative estimate of drug-likeness (QED) is 0.874. The molecular weight excluding hydrogens is 280 g/mol. The number of piperidine rings is 1. The van der Waals surface area contributed by atoms with Gasteiger partial charge in [-0.3, -0.25) is 9.48 Å². The molecule has 1 atom stereocenters. The summed E-state index contributed by atoms with van der Waals surface area (Å²) >= 11 is 0. The second kappa shape index (κ2) is 5.94. The number of hydrogen-bond acceptors (Lipinski definition) is 4. The molecule has 22 heavy (non-hydrogen) atoms. The summed E-state index contributed by atoms with van der Waals surface area (Å²) in [6.07, 6.45) is 5.90. The fourth-order valence-corrected chi connectivity index (χ4v) is 2.81. The highest BCUT2D eigenvalue weighted by Gasteiger charge is 2.28. The number of aromatic nitrogens is 3. The number of nitrogens with zero attached hydrogens (tertiary/aromatic N) is 4. The van der Waals surface area contributed by atoms with Crippen LogP contribution in [0.1, 0.15) is 60.5 Å². The molecular formula is C16H22N4O2. The zero-order valence-electron chi connectivity index (χ0n) is 13.3. The van der Waals surface area contributed by atoms with Crippen molar-refractivity contribution in [2.45, 2.75) is 45.6 Å². The largest absolute Gasteiger partial charge is 0.351 e. The van der Waals surface area contributed by atoms with E-state index in [-0.39, 0.29) is 17.9 Å². The van der Waals surface area contributed by atoms with Gasteiger partial charge < -0.3 is 9.42 Å². The highest BCUT2D eigenvalue weighted by Crippen LogP contribution is 2.23. The molecule has 2 aromatic rings. The molecule has 3 rings (SSSR count). The lowest BCUT2D eigenvalue weighted by atomic mass is 10.1. The van der Waals surface area contributed by atoms with Gasteiger partial charge in [-0.1, -0.05) is 19.0 Å². The van der Waals surface area contributed by atoms with Crippen molar-refractivity contribution in [1.29, 1.82) is 0 Å². The van der Waals surface area contributed by atoms with Gasteiger partial charge in [0.15, 0.2) is 0 Å². The molecule has 3 heterocycles. The average molecular weight is 302 g/mol. The van der Waals surface area contributed by atoms with Crippen molar-refractivity contribution in [1.82, 2.24) is 19.8 Å². The van der Waals surface area contributed by atoms with Gasteiger partial charge in [-0.15, -0.1) is 0 Å². The Hall–Kier alpha value is -2.11. The second-order valence-electron chi connectivity index (χ2n) is 6.32. The van der Waals surface area contributed by atoms with Gasteiger partial charge in [-0.25, -0.2) is 0 Å². The molecule has 1 saturated heterocycles. The average Bonchev–Trinajstić information content (AvgIpc) is 3.15. The molecule has 2 aromatic heterocycles. The number of amides is 1. The highest BCUT2D eigenvalue weighted by atomic mass is 16.5. The summed E-state index contributed by atoms with van der Waals surface area (Å²) in [5, 5.41) is 8.35. The van der Waals surface area contributed by atoms with Gasteiger partial charge >= 0.3 is 0 Å². The zero-order valence-corrected chi connectivity index (χ0v) is 13.3. The van der Waals surface area contributed by atoms with E-state index in [2.05, 4.69) is 10.3 Å². The fourth-order valence-electron chi connectivity index (χ4n) is 2.81. The summed E-state index contributed by atoms with van der Waals surface area (Å²) in [6.45, 7) is 7.51. The third-order valence-electron chi connectivity index (χ3n) is 4.12. The fraction of sp³-hybridized carbons (Fsp3) is 0.562. The lowest BCUT2D eigenvalue weighted by molar-refractivity contribution is 0.0631. The summed E-state index contributed by atoms with van der Waals surface area (Å²) in [7, 11) is 0. The second-order valence-corrected chi connectivity index (χ2v) is 6.32. The molecule has 0 bridgehead atoms. The van der Waals surface area contributed by atoms with Gasteiger partial charge in [0.1, 0.15) is 0 Å². The van der Waals surface area contributed by atoms with Crippen molar-refractivity contribution >= 4 is 5.91 Å². The molecule has 1 aliphatic rings. The minimum atomic E-state index is -0.0759. The van der Waals surface area contributed by atoms with Crippen LogP contribution in [-0.4, -0.2) is 38.8 Å². The Labute approximate surface area is 130 Å². The summed E-state index contributed by atoms with van der Waals surface area (Å²) in [6, 6.07) is 1.99. The first-order valence-corrected chi connectivity index (χ1v) is 7.81. The minimum Gasteiger partial charge on any atom is -0.351 e. The van der Waals surface area contributed by atoms with E-state index >= 15 is 0 Å². The third-order valence-corrected chi connectivity index (χ3v) is 4.12. The summed E-state index contributed by atoms with van der Waals surface area (Å²) < 4.78 is 7.19. The molecule has 0 radical (unpaired) electrons. The number of carbonyl (C=O) groups excluding carboxylic acids is 1. The van der Waals surface area contributed by atoms with E-state index in [1.165, 1.54) is 0 Å². The van der Waals surface area contributed by atoms with Gasteiger partial charge in [0.25, 0.3) is 5.91 Å².